The van der Waals surface area contributed by atoms with E-state index in [1.165, 1.54) is 12.1 Å². The van der Waals surface area contributed by atoms with Crippen molar-refractivity contribution in [3.05, 3.63) is 52.0 Å². The van der Waals surface area contributed by atoms with Crippen molar-refractivity contribution in [1.29, 1.82) is 0 Å². The van der Waals surface area contributed by atoms with Crippen LogP contribution in [-0.4, -0.2) is 10.0 Å². The fraction of sp³-hybridized carbons (Fsp3) is 0.273. The average Bonchev–Trinajstić information content (AvgIpc) is 2.19. The molecule has 0 atom stereocenters. The SMILES string of the molecule is C=C(O)CCCc1ccc([N+](=O)[O-])cc1F. The summed E-state index contributed by atoms with van der Waals surface area (Å²) < 4.78 is 13.3. The number of hydrogen-bond acceptors (Lipinski definition) is 3. The van der Waals surface area contributed by atoms with E-state index in [-0.39, 0.29) is 11.4 Å². The van der Waals surface area contributed by atoms with E-state index in [4.69, 9.17) is 5.11 Å². The van der Waals surface area contributed by atoms with Crippen LogP contribution in [-0.2, 0) is 6.42 Å². The van der Waals surface area contributed by atoms with Crippen LogP contribution in [0.5, 0.6) is 0 Å². The molecule has 0 radical (unpaired) electrons. The first-order chi connectivity index (χ1) is 7.50. The number of hydrogen-bond donors (Lipinski definition) is 1. The molecule has 1 rings (SSSR count). The number of halogens is 1. The molecule has 16 heavy (non-hydrogen) atoms. The lowest BCUT2D eigenvalue weighted by molar-refractivity contribution is -0.385. The zero-order chi connectivity index (χ0) is 12.1. The monoisotopic (exact) mass is 225 g/mol. The van der Waals surface area contributed by atoms with Gasteiger partial charge >= 0.3 is 0 Å². The first-order valence-electron chi connectivity index (χ1n) is 4.80. The Morgan fingerprint density at radius 2 is 2.25 bits per heavy atom. The van der Waals surface area contributed by atoms with Crippen LogP contribution in [0.3, 0.4) is 0 Å². The molecule has 1 aromatic rings. The van der Waals surface area contributed by atoms with Crippen LogP contribution in [0.15, 0.2) is 30.5 Å². The second-order valence-corrected chi connectivity index (χ2v) is 3.45. The van der Waals surface area contributed by atoms with Crippen LogP contribution in [0.25, 0.3) is 0 Å². The molecule has 0 aliphatic heterocycles. The molecule has 1 aromatic carbocycles. The van der Waals surface area contributed by atoms with E-state index < -0.39 is 10.7 Å². The second kappa shape index (κ2) is 5.25. The molecule has 0 bridgehead atoms. The number of nitro benzene ring substituents is 1. The molecule has 4 nitrogen and oxygen atoms in total. The fourth-order valence-electron chi connectivity index (χ4n) is 1.34. The summed E-state index contributed by atoms with van der Waals surface area (Å²) in [5.41, 5.74) is 0.152. The van der Waals surface area contributed by atoms with Crippen LogP contribution in [0.4, 0.5) is 10.1 Å². The van der Waals surface area contributed by atoms with Crippen molar-refractivity contribution >= 4 is 5.69 Å². The number of non-ortho nitro benzene ring substituents is 1. The highest BCUT2D eigenvalue weighted by molar-refractivity contribution is 5.34. The smallest absolute Gasteiger partial charge is 0.272 e. The minimum absolute atomic E-state index is 0.0577. The van der Waals surface area contributed by atoms with E-state index in [9.17, 15) is 14.5 Å². The highest BCUT2D eigenvalue weighted by Crippen LogP contribution is 2.18. The minimum Gasteiger partial charge on any atom is -0.513 e. The van der Waals surface area contributed by atoms with Crippen molar-refractivity contribution in [2.45, 2.75) is 19.3 Å². The van der Waals surface area contributed by atoms with Crippen LogP contribution in [0.1, 0.15) is 18.4 Å². The number of nitro groups is 1. The number of aliphatic hydroxyl groups is 1. The summed E-state index contributed by atoms with van der Waals surface area (Å²) in [5, 5.41) is 19.2. The zero-order valence-electron chi connectivity index (χ0n) is 8.65. The van der Waals surface area contributed by atoms with Crippen molar-refractivity contribution in [3.63, 3.8) is 0 Å². The van der Waals surface area contributed by atoms with Crippen molar-refractivity contribution in [2.24, 2.45) is 0 Å². The maximum atomic E-state index is 13.3. The molecular weight excluding hydrogens is 213 g/mol. The van der Waals surface area contributed by atoms with E-state index in [1.54, 1.807) is 0 Å². The lowest BCUT2D eigenvalue weighted by Gasteiger charge is -2.02. The van der Waals surface area contributed by atoms with Gasteiger partial charge in [0.2, 0.25) is 0 Å². The number of rotatable bonds is 5. The quantitative estimate of drug-likeness (QED) is 0.475. The molecule has 0 saturated heterocycles. The van der Waals surface area contributed by atoms with Crippen molar-refractivity contribution in [2.75, 3.05) is 0 Å². The average molecular weight is 225 g/mol. The van der Waals surface area contributed by atoms with Crippen molar-refractivity contribution in [3.8, 4) is 0 Å². The fourth-order valence-corrected chi connectivity index (χ4v) is 1.34. The zero-order valence-corrected chi connectivity index (χ0v) is 8.65. The first-order valence-corrected chi connectivity index (χ1v) is 4.80. The molecule has 0 spiro atoms. The molecule has 5 heteroatoms. The summed E-state index contributed by atoms with van der Waals surface area (Å²) in [6, 6.07) is 3.57. The van der Waals surface area contributed by atoms with Gasteiger partial charge in [0, 0.05) is 12.5 Å². The van der Waals surface area contributed by atoms with Gasteiger partial charge in [0.15, 0.2) is 0 Å². The van der Waals surface area contributed by atoms with Gasteiger partial charge in [-0.05, 0) is 24.5 Å². The van der Waals surface area contributed by atoms with Gasteiger partial charge in [0.25, 0.3) is 5.69 Å². The summed E-state index contributed by atoms with van der Waals surface area (Å²) in [4.78, 5) is 9.73. The van der Waals surface area contributed by atoms with E-state index in [1.807, 2.05) is 0 Å². The third-order valence-electron chi connectivity index (χ3n) is 2.16. The van der Waals surface area contributed by atoms with Gasteiger partial charge in [0.05, 0.1) is 16.7 Å². The summed E-state index contributed by atoms with van der Waals surface area (Å²) >= 11 is 0. The Bertz CT molecular complexity index is 418. The Morgan fingerprint density at radius 3 is 2.75 bits per heavy atom. The molecule has 0 saturated carbocycles. The number of aliphatic hydroxyl groups excluding tert-OH is 1. The highest BCUT2D eigenvalue weighted by Gasteiger charge is 2.10. The molecule has 0 aromatic heterocycles. The van der Waals surface area contributed by atoms with Gasteiger partial charge in [-0.2, -0.15) is 0 Å². The first kappa shape index (κ1) is 12.2. The van der Waals surface area contributed by atoms with Crippen LogP contribution < -0.4 is 0 Å². The number of nitrogens with zero attached hydrogens (tertiary/aromatic N) is 1. The standard InChI is InChI=1S/C11H12FNO3/c1-8(14)3-2-4-9-5-6-10(13(15)16)7-11(9)12/h5-7,14H,1-4H2. The predicted octanol–water partition coefficient (Wildman–Crippen LogP) is 3.13. The minimum atomic E-state index is -0.636. The Labute approximate surface area is 92.2 Å². The predicted molar refractivity (Wildman–Crippen MR) is 57.8 cm³/mol. The topological polar surface area (TPSA) is 63.4 Å². The highest BCUT2D eigenvalue weighted by atomic mass is 19.1. The molecule has 0 aliphatic carbocycles. The molecule has 0 fully saturated rings. The van der Waals surface area contributed by atoms with E-state index >= 15 is 0 Å². The molecule has 0 unspecified atom stereocenters. The summed E-state index contributed by atoms with van der Waals surface area (Å²) in [7, 11) is 0. The van der Waals surface area contributed by atoms with E-state index in [0.29, 0.717) is 24.8 Å². The van der Waals surface area contributed by atoms with E-state index in [2.05, 4.69) is 6.58 Å². The molecule has 1 N–H and O–H groups in total. The van der Waals surface area contributed by atoms with Crippen LogP contribution >= 0.6 is 0 Å². The van der Waals surface area contributed by atoms with Crippen LogP contribution in [0.2, 0.25) is 0 Å². The third-order valence-corrected chi connectivity index (χ3v) is 2.16. The normalized spacial score (nSPS) is 10.1. The lowest BCUT2D eigenvalue weighted by Crippen LogP contribution is -1.95. The van der Waals surface area contributed by atoms with Gasteiger partial charge in [0.1, 0.15) is 5.82 Å². The third kappa shape index (κ3) is 3.34. The Morgan fingerprint density at radius 1 is 1.56 bits per heavy atom. The number of allylic oxidation sites excluding steroid dienone is 1. The van der Waals surface area contributed by atoms with Crippen molar-refractivity contribution < 1.29 is 14.4 Å². The van der Waals surface area contributed by atoms with Gasteiger partial charge in [-0.25, -0.2) is 4.39 Å². The lowest BCUT2D eigenvalue weighted by atomic mass is 10.1. The Kier molecular flexibility index (Phi) is 3.99. The molecule has 0 heterocycles. The summed E-state index contributed by atoms with van der Waals surface area (Å²) in [6.07, 6.45) is 1.38. The summed E-state index contributed by atoms with van der Waals surface area (Å²) in [5.74, 6) is -0.528. The Hall–Kier alpha value is -1.91. The largest absolute Gasteiger partial charge is 0.513 e. The molecule has 0 aliphatic rings. The number of benzene rings is 1. The van der Waals surface area contributed by atoms with Gasteiger partial charge in [-0.1, -0.05) is 6.58 Å². The van der Waals surface area contributed by atoms with E-state index in [0.717, 1.165) is 6.07 Å². The van der Waals surface area contributed by atoms with Crippen molar-refractivity contribution in [1.82, 2.24) is 0 Å². The molecule has 0 amide bonds. The molecule has 86 valence electrons. The summed E-state index contributed by atoms with van der Waals surface area (Å²) in [6.45, 7) is 3.32. The second-order valence-electron chi connectivity index (χ2n) is 3.45. The van der Waals surface area contributed by atoms with Gasteiger partial charge in [-0.3, -0.25) is 10.1 Å². The molecular formula is C11H12FNO3. The maximum Gasteiger partial charge on any atom is 0.272 e. The van der Waals surface area contributed by atoms with Gasteiger partial charge in [-0.15, -0.1) is 0 Å². The maximum absolute atomic E-state index is 13.3. The Balaban J connectivity index is 2.68. The van der Waals surface area contributed by atoms with Gasteiger partial charge < -0.3 is 5.11 Å². The number of aryl methyl sites for hydroxylation is 1. The van der Waals surface area contributed by atoms with Crippen LogP contribution in [0, 0.1) is 15.9 Å².